The highest BCUT2D eigenvalue weighted by atomic mass is 32.2. The number of ketones is 1. The van der Waals surface area contributed by atoms with Gasteiger partial charge in [0.2, 0.25) is 10.0 Å². The molecule has 0 unspecified atom stereocenters. The fraction of sp³-hybridized carbons (Fsp3) is 0.222. The molecule has 0 aliphatic carbocycles. The van der Waals surface area contributed by atoms with Crippen molar-refractivity contribution in [1.29, 1.82) is 0 Å². The largest absolute Gasteiger partial charge is 0.338 e. The summed E-state index contributed by atoms with van der Waals surface area (Å²) in [6.07, 6.45) is 0.208. The zero-order chi connectivity index (χ0) is 19.2. The average molecular weight is 375 g/mol. The number of sulfonamides is 1. The summed E-state index contributed by atoms with van der Waals surface area (Å²) in [5, 5.41) is 10.3. The zero-order valence-corrected chi connectivity index (χ0v) is 15.2. The van der Waals surface area contributed by atoms with Gasteiger partial charge in [-0.1, -0.05) is 42.0 Å². The second kappa shape index (κ2) is 8.59. The van der Waals surface area contributed by atoms with E-state index >= 15 is 0 Å². The molecule has 0 aliphatic heterocycles. The van der Waals surface area contributed by atoms with Crippen LogP contribution in [0.4, 0.5) is 4.79 Å². The Bertz CT molecular complexity index is 876. The Morgan fingerprint density at radius 2 is 1.58 bits per heavy atom. The van der Waals surface area contributed by atoms with Crippen LogP contribution in [-0.2, 0) is 16.6 Å². The number of rotatable bonds is 7. The quantitative estimate of drug-likeness (QED) is 0.638. The minimum absolute atomic E-state index is 0.0142. The molecule has 0 saturated carbocycles. The smallest absolute Gasteiger partial charge is 0.315 e. The number of carbonyl (C=O) groups is 2. The molecule has 0 radical (unpaired) electrons. The van der Waals surface area contributed by atoms with E-state index in [1.807, 2.05) is 19.1 Å². The molecule has 0 spiro atoms. The van der Waals surface area contributed by atoms with Gasteiger partial charge in [-0.25, -0.2) is 18.4 Å². The maximum atomic E-state index is 12.0. The zero-order valence-electron chi connectivity index (χ0n) is 14.4. The average Bonchev–Trinajstić information content (AvgIpc) is 2.60. The van der Waals surface area contributed by atoms with Crippen molar-refractivity contribution in [3.8, 4) is 0 Å². The minimum Gasteiger partial charge on any atom is -0.338 e. The van der Waals surface area contributed by atoms with E-state index in [4.69, 9.17) is 5.14 Å². The van der Waals surface area contributed by atoms with E-state index in [0.717, 1.165) is 11.1 Å². The molecule has 0 atom stereocenters. The molecule has 0 aromatic heterocycles. The Morgan fingerprint density at radius 1 is 0.962 bits per heavy atom. The molecule has 2 aromatic rings. The standard InChI is InChI=1S/C18H21N3O4S/c1-13-2-6-15(7-3-13)17(22)10-11-20-18(23)21-12-14-4-8-16(9-5-14)26(19,24)25/h2-9H,10-12H2,1H3,(H2,19,24,25)(H2,20,21,23). The second-order valence-electron chi connectivity index (χ2n) is 5.84. The van der Waals surface area contributed by atoms with Gasteiger partial charge in [-0.3, -0.25) is 4.79 Å². The number of benzene rings is 2. The summed E-state index contributed by atoms with van der Waals surface area (Å²) in [7, 11) is -3.73. The maximum Gasteiger partial charge on any atom is 0.315 e. The van der Waals surface area contributed by atoms with E-state index in [1.54, 1.807) is 24.3 Å². The van der Waals surface area contributed by atoms with Crippen LogP contribution in [-0.4, -0.2) is 26.8 Å². The van der Waals surface area contributed by atoms with Gasteiger partial charge in [-0.05, 0) is 24.6 Å². The molecule has 0 bridgehead atoms. The molecular weight excluding hydrogens is 354 g/mol. The lowest BCUT2D eigenvalue weighted by Crippen LogP contribution is -2.36. The van der Waals surface area contributed by atoms with E-state index in [1.165, 1.54) is 12.1 Å². The highest BCUT2D eigenvalue weighted by molar-refractivity contribution is 7.89. The number of primary sulfonamides is 1. The lowest BCUT2D eigenvalue weighted by atomic mass is 10.1. The summed E-state index contributed by atoms with van der Waals surface area (Å²) < 4.78 is 22.3. The maximum absolute atomic E-state index is 12.0. The van der Waals surface area contributed by atoms with Crippen molar-refractivity contribution in [1.82, 2.24) is 10.6 Å². The van der Waals surface area contributed by atoms with Gasteiger partial charge in [0.25, 0.3) is 0 Å². The van der Waals surface area contributed by atoms with E-state index in [0.29, 0.717) is 5.56 Å². The summed E-state index contributed by atoms with van der Waals surface area (Å²) in [5.74, 6) is -0.0381. The number of aryl methyl sites for hydroxylation is 1. The summed E-state index contributed by atoms with van der Waals surface area (Å²) in [6.45, 7) is 2.40. The van der Waals surface area contributed by atoms with Crippen molar-refractivity contribution < 1.29 is 18.0 Å². The van der Waals surface area contributed by atoms with Gasteiger partial charge in [0.05, 0.1) is 4.90 Å². The fourth-order valence-corrected chi connectivity index (χ4v) is 2.73. The molecule has 26 heavy (non-hydrogen) atoms. The molecule has 2 aromatic carbocycles. The van der Waals surface area contributed by atoms with Crippen molar-refractivity contribution in [3.05, 3.63) is 65.2 Å². The lowest BCUT2D eigenvalue weighted by molar-refractivity contribution is 0.0983. The van der Waals surface area contributed by atoms with E-state index in [2.05, 4.69) is 10.6 Å². The third-order valence-corrected chi connectivity index (χ3v) is 4.65. The van der Waals surface area contributed by atoms with E-state index in [9.17, 15) is 18.0 Å². The third kappa shape index (κ3) is 5.98. The Hall–Kier alpha value is -2.71. The van der Waals surface area contributed by atoms with Gasteiger partial charge < -0.3 is 10.6 Å². The fourth-order valence-electron chi connectivity index (χ4n) is 2.22. The van der Waals surface area contributed by atoms with E-state index < -0.39 is 16.1 Å². The Kier molecular flexibility index (Phi) is 6.48. The monoisotopic (exact) mass is 375 g/mol. The molecule has 7 nitrogen and oxygen atoms in total. The van der Waals surface area contributed by atoms with Gasteiger partial charge in [-0.15, -0.1) is 0 Å². The molecule has 138 valence electrons. The molecule has 0 aliphatic rings. The number of carbonyl (C=O) groups excluding carboxylic acids is 2. The van der Waals surface area contributed by atoms with Gasteiger partial charge >= 0.3 is 6.03 Å². The summed E-state index contributed by atoms with van der Waals surface area (Å²) >= 11 is 0. The van der Waals surface area contributed by atoms with Crippen molar-refractivity contribution in [3.63, 3.8) is 0 Å². The molecule has 2 amide bonds. The molecule has 4 N–H and O–H groups in total. The second-order valence-corrected chi connectivity index (χ2v) is 7.40. The number of urea groups is 1. The SMILES string of the molecule is Cc1ccc(C(=O)CCNC(=O)NCc2ccc(S(N)(=O)=O)cc2)cc1. The number of hydrogen-bond acceptors (Lipinski definition) is 4. The van der Waals surface area contributed by atoms with Crippen LogP contribution >= 0.6 is 0 Å². The Balaban J connectivity index is 1.73. The molecule has 8 heteroatoms. The molecule has 0 heterocycles. The van der Waals surface area contributed by atoms with Crippen molar-refractivity contribution >= 4 is 21.8 Å². The van der Waals surface area contributed by atoms with Crippen LogP contribution in [0.15, 0.2) is 53.4 Å². The van der Waals surface area contributed by atoms with Crippen LogP contribution in [0.5, 0.6) is 0 Å². The summed E-state index contributed by atoms with van der Waals surface area (Å²) in [6, 6.07) is 12.8. The number of Topliss-reactive ketones (excluding diaryl/α,β-unsaturated/α-hetero) is 1. The van der Waals surface area contributed by atoms with Crippen LogP contribution in [0, 0.1) is 6.92 Å². The number of hydrogen-bond donors (Lipinski definition) is 3. The first-order chi connectivity index (χ1) is 12.3. The van der Waals surface area contributed by atoms with Gasteiger partial charge in [0.15, 0.2) is 5.78 Å². The van der Waals surface area contributed by atoms with Crippen molar-refractivity contribution in [2.24, 2.45) is 5.14 Å². The predicted octanol–water partition coefficient (Wildman–Crippen LogP) is 1.71. The van der Waals surface area contributed by atoms with Crippen molar-refractivity contribution in [2.45, 2.75) is 24.8 Å². The Morgan fingerprint density at radius 3 is 2.15 bits per heavy atom. The highest BCUT2D eigenvalue weighted by Gasteiger charge is 2.08. The summed E-state index contributed by atoms with van der Waals surface area (Å²) in [4.78, 5) is 23.8. The van der Waals surface area contributed by atoms with Crippen LogP contribution in [0.1, 0.15) is 27.9 Å². The molecule has 2 rings (SSSR count). The first-order valence-corrected chi connectivity index (χ1v) is 9.53. The highest BCUT2D eigenvalue weighted by Crippen LogP contribution is 2.08. The van der Waals surface area contributed by atoms with Crippen LogP contribution in [0.25, 0.3) is 0 Å². The molecule has 0 saturated heterocycles. The first kappa shape index (κ1) is 19.6. The van der Waals surface area contributed by atoms with E-state index in [-0.39, 0.29) is 30.2 Å². The van der Waals surface area contributed by atoms with Crippen LogP contribution in [0.2, 0.25) is 0 Å². The van der Waals surface area contributed by atoms with Crippen LogP contribution < -0.4 is 15.8 Å². The van der Waals surface area contributed by atoms with Gasteiger partial charge in [0.1, 0.15) is 0 Å². The van der Waals surface area contributed by atoms with Gasteiger partial charge in [-0.2, -0.15) is 0 Å². The number of nitrogens with one attached hydrogen (secondary N) is 2. The number of nitrogens with two attached hydrogens (primary N) is 1. The number of amides is 2. The van der Waals surface area contributed by atoms with Crippen LogP contribution in [0.3, 0.4) is 0 Å². The molecule has 0 fully saturated rings. The molecular formula is C18H21N3O4S. The first-order valence-electron chi connectivity index (χ1n) is 7.99. The lowest BCUT2D eigenvalue weighted by Gasteiger charge is -2.08. The predicted molar refractivity (Wildman–Crippen MR) is 98.2 cm³/mol. The van der Waals surface area contributed by atoms with Gasteiger partial charge in [0, 0.05) is 25.1 Å². The normalized spacial score (nSPS) is 11.0. The van der Waals surface area contributed by atoms with Crippen molar-refractivity contribution in [2.75, 3.05) is 6.54 Å². The third-order valence-electron chi connectivity index (χ3n) is 3.72. The summed E-state index contributed by atoms with van der Waals surface area (Å²) in [5.41, 5.74) is 2.42. The minimum atomic E-state index is -3.73. The Labute approximate surface area is 152 Å². The topological polar surface area (TPSA) is 118 Å².